The van der Waals surface area contributed by atoms with Crippen LogP contribution in [-0.4, -0.2) is 32.7 Å². The van der Waals surface area contributed by atoms with E-state index in [4.69, 9.17) is 5.73 Å². The second-order valence-corrected chi connectivity index (χ2v) is 9.23. The summed E-state index contributed by atoms with van der Waals surface area (Å²) in [5.41, 5.74) is 3.69. The van der Waals surface area contributed by atoms with Gasteiger partial charge in [-0.25, -0.2) is 17.8 Å². The normalized spacial score (nSPS) is 26.9. The van der Waals surface area contributed by atoms with E-state index < -0.39 is 45.8 Å². The summed E-state index contributed by atoms with van der Waals surface area (Å²) in [5, 5.41) is 3.01. The predicted molar refractivity (Wildman–Crippen MR) is 101 cm³/mol. The average Bonchev–Trinajstić information content (AvgIpc) is 2.91. The zero-order chi connectivity index (χ0) is 21.0. The van der Waals surface area contributed by atoms with E-state index in [1.54, 1.807) is 18.2 Å². The number of ether oxygens (including phenoxy) is 1. The van der Waals surface area contributed by atoms with Crippen molar-refractivity contribution >= 4 is 21.5 Å². The molecule has 6 nitrogen and oxygen atoms in total. The van der Waals surface area contributed by atoms with Gasteiger partial charge >= 0.3 is 5.92 Å². The number of alkyl halides is 2. The highest BCUT2D eigenvalue weighted by Crippen LogP contribution is 2.45. The minimum Gasteiger partial charge on any atom is -0.459 e. The molecule has 2 aliphatic heterocycles. The zero-order valence-corrected chi connectivity index (χ0v) is 16.1. The van der Waals surface area contributed by atoms with Gasteiger partial charge in [-0.2, -0.15) is 8.78 Å². The number of amidine groups is 1. The summed E-state index contributed by atoms with van der Waals surface area (Å²) in [6, 6.07) is 9.11. The Morgan fingerprint density at radius 2 is 1.97 bits per heavy atom. The molecule has 10 heteroatoms. The fourth-order valence-electron chi connectivity index (χ4n) is 3.66. The molecule has 2 heterocycles. The Balaban J connectivity index is 1.73. The standard InChI is InChI=1S/C19H18F3N3O3S/c1-18(19(21,22)10-28-17(23)25-18)13-8-11(6-7-14(13)20)24-15-9-29(26,27)16-5-3-2-4-12(15)16/h2-8,15,24H,9-10H2,1H3,(H2,23,25). The molecular formula is C19H18F3N3O3S. The van der Waals surface area contributed by atoms with Crippen LogP contribution >= 0.6 is 0 Å². The number of nitrogens with one attached hydrogen (secondary N) is 1. The van der Waals surface area contributed by atoms with Gasteiger partial charge in [-0.15, -0.1) is 0 Å². The molecule has 0 radical (unpaired) electrons. The molecule has 154 valence electrons. The number of fused-ring (bicyclic) bond motifs is 1. The topological polar surface area (TPSA) is 93.8 Å². The van der Waals surface area contributed by atoms with Crippen molar-refractivity contribution in [2.45, 2.75) is 29.3 Å². The average molecular weight is 425 g/mol. The minimum absolute atomic E-state index is 0.189. The number of nitrogens with zero attached hydrogens (tertiary/aromatic N) is 1. The van der Waals surface area contributed by atoms with Gasteiger partial charge < -0.3 is 15.8 Å². The van der Waals surface area contributed by atoms with Crippen LogP contribution < -0.4 is 11.1 Å². The number of rotatable bonds is 3. The Kier molecular flexibility index (Phi) is 4.30. The molecule has 2 atom stereocenters. The minimum atomic E-state index is -3.50. The number of hydrogen-bond donors (Lipinski definition) is 2. The van der Waals surface area contributed by atoms with Gasteiger partial charge in [-0.05, 0) is 36.8 Å². The monoisotopic (exact) mass is 425 g/mol. The third-order valence-corrected chi connectivity index (χ3v) is 7.11. The maximum Gasteiger partial charge on any atom is 0.310 e. The number of nitrogens with two attached hydrogens (primary N) is 1. The summed E-state index contributed by atoms with van der Waals surface area (Å²) in [5.74, 6) is -4.57. The predicted octanol–water partition coefficient (Wildman–Crippen LogP) is 2.96. The van der Waals surface area contributed by atoms with Crippen molar-refractivity contribution in [2.75, 3.05) is 17.7 Å². The molecule has 2 aromatic carbocycles. The van der Waals surface area contributed by atoms with E-state index in [1.807, 2.05) is 0 Å². The van der Waals surface area contributed by atoms with Crippen molar-refractivity contribution < 1.29 is 26.3 Å². The van der Waals surface area contributed by atoms with Gasteiger partial charge in [0.25, 0.3) is 6.02 Å². The number of benzene rings is 2. The Labute approximate surface area is 165 Å². The van der Waals surface area contributed by atoms with Crippen LogP contribution in [0.5, 0.6) is 0 Å². The molecular weight excluding hydrogens is 407 g/mol. The summed E-state index contributed by atoms with van der Waals surface area (Å²) in [7, 11) is -3.46. The Morgan fingerprint density at radius 1 is 1.24 bits per heavy atom. The van der Waals surface area contributed by atoms with Crippen molar-refractivity contribution in [1.82, 2.24) is 0 Å². The van der Waals surface area contributed by atoms with Crippen LogP contribution in [0.15, 0.2) is 52.4 Å². The fraction of sp³-hybridized carbons (Fsp3) is 0.316. The van der Waals surface area contributed by atoms with Gasteiger partial charge in [0, 0.05) is 11.3 Å². The lowest BCUT2D eigenvalue weighted by Crippen LogP contribution is -2.51. The summed E-state index contributed by atoms with van der Waals surface area (Å²) in [4.78, 5) is 3.91. The highest BCUT2D eigenvalue weighted by molar-refractivity contribution is 7.91. The molecule has 2 unspecified atom stereocenters. The molecule has 0 saturated carbocycles. The lowest BCUT2D eigenvalue weighted by Gasteiger charge is -2.37. The highest BCUT2D eigenvalue weighted by atomic mass is 32.2. The number of aliphatic imine (C=N–C) groups is 1. The van der Waals surface area contributed by atoms with Gasteiger partial charge in [0.1, 0.15) is 5.82 Å². The molecule has 0 fully saturated rings. The van der Waals surface area contributed by atoms with Gasteiger partial charge in [0.15, 0.2) is 22.0 Å². The Hall–Kier alpha value is -2.75. The van der Waals surface area contributed by atoms with Gasteiger partial charge in [0.05, 0.1) is 16.7 Å². The van der Waals surface area contributed by atoms with Crippen molar-refractivity contribution in [3.05, 3.63) is 59.4 Å². The number of hydrogen-bond acceptors (Lipinski definition) is 6. The van der Waals surface area contributed by atoms with Crippen LogP contribution in [0.2, 0.25) is 0 Å². The summed E-state index contributed by atoms with van der Waals surface area (Å²) in [6.45, 7) is 0.0596. The Morgan fingerprint density at radius 3 is 2.72 bits per heavy atom. The fourth-order valence-corrected chi connectivity index (χ4v) is 5.39. The number of anilines is 1. The van der Waals surface area contributed by atoms with E-state index >= 15 is 0 Å². The second-order valence-electron chi connectivity index (χ2n) is 7.23. The summed E-state index contributed by atoms with van der Waals surface area (Å²) < 4.78 is 73.0. The third kappa shape index (κ3) is 3.11. The van der Waals surface area contributed by atoms with E-state index in [0.717, 1.165) is 13.0 Å². The van der Waals surface area contributed by atoms with Crippen LogP contribution in [0.3, 0.4) is 0 Å². The Bertz CT molecular complexity index is 1120. The van der Waals surface area contributed by atoms with Crippen LogP contribution in [0, 0.1) is 5.82 Å². The first-order valence-corrected chi connectivity index (χ1v) is 10.4. The van der Waals surface area contributed by atoms with Crippen molar-refractivity contribution in [3.63, 3.8) is 0 Å². The van der Waals surface area contributed by atoms with E-state index in [0.29, 0.717) is 5.56 Å². The highest BCUT2D eigenvalue weighted by Gasteiger charge is 2.56. The van der Waals surface area contributed by atoms with Crippen molar-refractivity contribution in [2.24, 2.45) is 10.7 Å². The van der Waals surface area contributed by atoms with Crippen molar-refractivity contribution in [3.8, 4) is 0 Å². The molecule has 0 aromatic heterocycles. The van der Waals surface area contributed by atoms with E-state index in [2.05, 4.69) is 15.0 Å². The van der Waals surface area contributed by atoms with Crippen LogP contribution in [0.1, 0.15) is 24.1 Å². The molecule has 0 aliphatic carbocycles. The number of sulfone groups is 1. The molecule has 3 N–H and O–H groups in total. The molecule has 2 aliphatic rings. The molecule has 2 aromatic rings. The van der Waals surface area contributed by atoms with E-state index in [9.17, 15) is 21.6 Å². The van der Waals surface area contributed by atoms with Gasteiger partial charge in [0.2, 0.25) is 0 Å². The zero-order valence-electron chi connectivity index (χ0n) is 15.3. The van der Waals surface area contributed by atoms with Crippen LogP contribution in [-0.2, 0) is 20.1 Å². The SMILES string of the molecule is CC1(c2cc(NC3CS(=O)(=O)c4ccccc43)ccc2F)N=C(N)OCC1(F)F. The quantitative estimate of drug-likeness (QED) is 0.789. The third-order valence-electron chi connectivity index (χ3n) is 5.29. The molecule has 0 saturated heterocycles. The van der Waals surface area contributed by atoms with Gasteiger partial charge in [-0.3, -0.25) is 0 Å². The first kappa shape index (κ1) is 19.6. The molecule has 0 spiro atoms. The molecule has 29 heavy (non-hydrogen) atoms. The molecule has 4 rings (SSSR count). The van der Waals surface area contributed by atoms with Gasteiger partial charge in [-0.1, -0.05) is 18.2 Å². The van der Waals surface area contributed by atoms with E-state index in [-0.39, 0.29) is 21.9 Å². The smallest absolute Gasteiger partial charge is 0.310 e. The van der Waals surface area contributed by atoms with E-state index in [1.165, 1.54) is 18.2 Å². The molecule has 0 bridgehead atoms. The van der Waals surface area contributed by atoms with Crippen LogP contribution in [0.4, 0.5) is 18.9 Å². The first-order valence-electron chi connectivity index (χ1n) is 8.78. The van der Waals surface area contributed by atoms with Crippen molar-refractivity contribution in [1.29, 1.82) is 0 Å². The maximum atomic E-state index is 14.6. The largest absolute Gasteiger partial charge is 0.459 e. The lowest BCUT2D eigenvalue weighted by molar-refractivity contribution is -0.117. The summed E-state index contributed by atoms with van der Waals surface area (Å²) in [6.07, 6.45) is 0. The molecule has 0 amide bonds. The maximum absolute atomic E-state index is 14.6. The second kappa shape index (κ2) is 6.38. The lowest BCUT2D eigenvalue weighted by atomic mass is 9.85. The van der Waals surface area contributed by atoms with Crippen LogP contribution in [0.25, 0.3) is 0 Å². The number of halogens is 3. The first-order chi connectivity index (χ1) is 13.5. The summed E-state index contributed by atoms with van der Waals surface area (Å²) >= 11 is 0.